The summed E-state index contributed by atoms with van der Waals surface area (Å²) in [4.78, 5) is 11.5. The summed E-state index contributed by atoms with van der Waals surface area (Å²) >= 11 is 13.6. The van der Waals surface area contributed by atoms with E-state index >= 15 is 0 Å². The average Bonchev–Trinajstić information content (AvgIpc) is 3.67. The first-order valence-electron chi connectivity index (χ1n) is 12.8. The van der Waals surface area contributed by atoms with Crippen molar-refractivity contribution >= 4 is 51.4 Å². The van der Waals surface area contributed by atoms with E-state index in [9.17, 15) is 5.11 Å². The molecule has 1 aliphatic heterocycles. The van der Waals surface area contributed by atoms with Gasteiger partial charge < -0.3 is 25.2 Å². The van der Waals surface area contributed by atoms with Crippen LogP contribution in [-0.2, 0) is 0 Å². The fraction of sp³-hybridized carbons (Fsp3) is 0.357. The first-order valence-corrected chi connectivity index (χ1v) is 13.5. The van der Waals surface area contributed by atoms with E-state index in [4.69, 9.17) is 23.2 Å². The second kappa shape index (κ2) is 10.1. The van der Waals surface area contributed by atoms with Crippen molar-refractivity contribution in [3.8, 4) is 0 Å². The molecule has 0 radical (unpaired) electrons. The van der Waals surface area contributed by atoms with Crippen molar-refractivity contribution in [1.82, 2.24) is 19.9 Å². The summed E-state index contributed by atoms with van der Waals surface area (Å²) < 4.78 is 2.11. The van der Waals surface area contributed by atoms with Crippen molar-refractivity contribution in [2.75, 3.05) is 36.5 Å². The van der Waals surface area contributed by atoms with Crippen molar-refractivity contribution in [3.05, 3.63) is 76.2 Å². The Labute approximate surface area is 226 Å². The van der Waals surface area contributed by atoms with Crippen LogP contribution < -0.4 is 15.5 Å². The predicted molar refractivity (Wildman–Crippen MR) is 151 cm³/mol. The molecule has 0 spiro atoms. The van der Waals surface area contributed by atoms with Crippen LogP contribution >= 0.6 is 23.2 Å². The van der Waals surface area contributed by atoms with Crippen LogP contribution in [-0.4, -0.2) is 51.9 Å². The van der Waals surface area contributed by atoms with Crippen molar-refractivity contribution in [1.29, 1.82) is 0 Å². The zero-order valence-corrected chi connectivity index (χ0v) is 22.2. The number of aromatic nitrogens is 3. The lowest BCUT2D eigenvalue weighted by atomic mass is 10.0. The molecule has 2 fully saturated rings. The minimum absolute atomic E-state index is 0.0594. The molecule has 2 aromatic carbocycles. The van der Waals surface area contributed by atoms with Crippen LogP contribution in [0.4, 0.5) is 17.2 Å². The second-order valence-corrected chi connectivity index (χ2v) is 10.7. The number of pyridine rings is 1. The van der Waals surface area contributed by atoms with Gasteiger partial charge in [0.1, 0.15) is 11.3 Å². The average molecular weight is 537 g/mol. The summed E-state index contributed by atoms with van der Waals surface area (Å²) in [5, 5.41) is 17.9. The normalized spacial score (nSPS) is 18.8. The number of piperazine rings is 1. The molecule has 7 nitrogen and oxygen atoms in total. The standard InChI is InChI=1S/C28H30Cl2N6O/c1-17(27-21(29)9-8-20(28(27)30)18-6-7-18)36-16-33-23-13-32-26(12-25(23)36)34-22-4-2-3-5-24(22)35-11-10-31-19(14-35)15-37/h2-5,8-9,12-13,16-19,31,37H,6-7,10-11,14-15H2,1H3,(H,32,34)/t17-,19?/m1/s1. The number of halogens is 2. The van der Waals surface area contributed by atoms with Crippen LogP contribution in [0.25, 0.3) is 11.0 Å². The van der Waals surface area contributed by atoms with Crippen LogP contribution in [0.5, 0.6) is 0 Å². The number of fused-ring (bicyclic) bond motifs is 1. The Morgan fingerprint density at radius 1 is 1.16 bits per heavy atom. The van der Waals surface area contributed by atoms with Crippen LogP contribution in [0.15, 0.2) is 55.0 Å². The highest BCUT2D eigenvalue weighted by molar-refractivity contribution is 6.36. The molecule has 37 heavy (non-hydrogen) atoms. The highest BCUT2D eigenvalue weighted by atomic mass is 35.5. The summed E-state index contributed by atoms with van der Waals surface area (Å²) in [6.45, 7) is 4.66. The third-order valence-corrected chi connectivity index (χ3v) is 8.20. The Hall–Kier alpha value is -2.84. The molecular weight excluding hydrogens is 507 g/mol. The highest BCUT2D eigenvalue weighted by Gasteiger charge is 2.29. The van der Waals surface area contributed by atoms with E-state index in [2.05, 4.69) is 55.2 Å². The molecule has 0 bridgehead atoms. The zero-order valence-electron chi connectivity index (χ0n) is 20.7. The zero-order chi connectivity index (χ0) is 25.5. The molecule has 2 aliphatic rings. The number of nitrogens with one attached hydrogen (secondary N) is 2. The molecule has 6 rings (SSSR count). The Kier molecular flexibility index (Phi) is 6.71. The number of hydrogen-bond acceptors (Lipinski definition) is 6. The number of benzene rings is 2. The van der Waals surface area contributed by atoms with E-state index in [1.807, 2.05) is 30.6 Å². The molecular formula is C28H30Cl2N6O. The minimum Gasteiger partial charge on any atom is -0.395 e. The van der Waals surface area contributed by atoms with Gasteiger partial charge in [-0.3, -0.25) is 0 Å². The molecule has 9 heteroatoms. The van der Waals surface area contributed by atoms with Crippen LogP contribution in [0.1, 0.15) is 42.9 Å². The van der Waals surface area contributed by atoms with Crippen molar-refractivity contribution in [2.45, 2.75) is 37.8 Å². The molecule has 1 unspecified atom stereocenters. The van der Waals surface area contributed by atoms with Gasteiger partial charge in [0.05, 0.1) is 47.1 Å². The fourth-order valence-corrected chi connectivity index (χ4v) is 6.13. The third-order valence-electron chi connectivity index (χ3n) is 7.45. The molecule has 2 aromatic heterocycles. The topological polar surface area (TPSA) is 78.2 Å². The molecule has 2 atom stereocenters. The number of imidazole rings is 1. The molecule has 3 heterocycles. The van der Waals surface area contributed by atoms with Crippen LogP contribution in [0.2, 0.25) is 10.0 Å². The molecule has 1 saturated carbocycles. The monoisotopic (exact) mass is 536 g/mol. The van der Waals surface area contributed by atoms with E-state index in [0.29, 0.717) is 10.9 Å². The van der Waals surface area contributed by atoms with Crippen molar-refractivity contribution < 1.29 is 5.11 Å². The van der Waals surface area contributed by atoms with E-state index < -0.39 is 0 Å². The van der Waals surface area contributed by atoms with E-state index in [0.717, 1.165) is 58.4 Å². The Morgan fingerprint density at radius 3 is 2.81 bits per heavy atom. The van der Waals surface area contributed by atoms with Gasteiger partial charge in [-0.05, 0) is 49.4 Å². The minimum atomic E-state index is -0.0949. The SMILES string of the molecule is C[C@H](c1c(Cl)ccc(C2CC2)c1Cl)n1cnc2cnc(Nc3ccccc3N3CCNC(CO)C3)cc21. The molecule has 192 valence electrons. The lowest BCUT2D eigenvalue weighted by Gasteiger charge is -2.35. The molecule has 1 saturated heterocycles. The smallest absolute Gasteiger partial charge is 0.132 e. The third kappa shape index (κ3) is 4.77. The number of aliphatic hydroxyl groups excluding tert-OH is 1. The van der Waals surface area contributed by atoms with Gasteiger partial charge in [0, 0.05) is 42.3 Å². The van der Waals surface area contributed by atoms with E-state index in [-0.39, 0.29) is 18.7 Å². The van der Waals surface area contributed by atoms with Gasteiger partial charge in [-0.1, -0.05) is 41.4 Å². The maximum Gasteiger partial charge on any atom is 0.132 e. The van der Waals surface area contributed by atoms with Gasteiger partial charge >= 0.3 is 0 Å². The summed E-state index contributed by atoms with van der Waals surface area (Å²) in [5.74, 6) is 1.27. The van der Waals surface area contributed by atoms with Gasteiger partial charge in [-0.25, -0.2) is 9.97 Å². The number of rotatable bonds is 7. The van der Waals surface area contributed by atoms with Gasteiger partial charge in [0.2, 0.25) is 0 Å². The van der Waals surface area contributed by atoms with E-state index in [1.54, 1.807) is 6.20 Å². The summed E-state index contributed by atoms with van der Waals surface area (Å²) in [6, 6.07) is 14.2. The Morgan fingerprint density at radius 2 is 2.00 bits per heavy atom. The fourth-order valence-electron chi connectivity index (χ4n) is 5.28. The molecule has 3 N–H and O–H groups in total. The largest absolute Gasteiger partial charge is 0.395 e. The predicted octanol–water partition coefficient (Wildman–Crippen LogP) is 5.74. The maximum atomic E-state index is 9.63. The van der Waals surface area contributed by atoms with Gasteiger partial charge in [0.25, 0.3) is 0 Å². The lowest BCUT2D eigenvalue weighted by molar-refractivity contribution is 0.236. The Balaban J connectivity index is 1.32. The summed E-state index contributed by atoms with van der Waals surface area (Å²) in [7, 11) is 0. The van der Waals surface area contributed by atoms with Crippen LogP contribution in [0, 0.1) is 0 Å². The first-order chi connectivity index (χ1) is 18.0. The summed E-state index contributed by atoms with van der Waals surface area (Å²) in [5.41, 5.74) is 5.94. The van der Waals surface area contributed by atoms with Gasteiger partial charge in [0.15, 0.2) is 0 Å². The van der Waals surface area contributed by atoms with E-state index in [1.165, 1.54) is 18.4 Å². The molecule has 4 aromatic rings. The van der Waals surface area contributed by atoms with Crippen molar-refractivity contribution in [3.63, 3.8) is 0 Å². The lowest BCUT2D eigenvalue weighted by Crippen LogP contribution is -2.52. The Bertz CT molecular complexity index is 1440. The second-order valence-electron chi connectivity index (χ2n) is 9.95. The molecule has 0 amide bonds. The van der Waals surface area contributed by atoms with Gasteiger partial charge in [-0.2, -0.15) is 0 Å². The highest BCUT2D eigenvalue weighted by Crippen LogP contribution is 2.47. The van der Waals surface area contributed by atoms with Crippen LogP contribution in [0.3, 0.4) is 0 Å². The van der Waals surface area contributed by atoms with Gasteiger partial charge in [-0.15, -0.1) is 0 Å². The molecule has 1 aliphatic carbocycles. The van der Waals surface area contributed by atoms with Crippen molar-refractivity contribution in [2.24, 2.45) is 0 Å². The number of para-hydroxylation sites is 2. The number of nitrogens with zero attached hydrogens (tertiary/aromatic N) is 4. The quantitative estimate of drug-likeness (QED) is 0.279. The number of aliphatic hydroxyl groups is 1. The number of anilines is 3. The first kappa shape index (κ1) is 24.5. The summed E-state index contributed by atoms with van der Waals surface area (Å²) in [6.07, 6.45) is 5.99. The maximum absolute atomic E-state index is 9.63. The number of hydrogen-bond donors (Lipinski definition) is 3.